The fourth-order valence-corrected chi connectivity index (χ4v) is 2.43. The molecule has 0 atom stereocenters. The van der Waals surface area contributed by atoms with Crippen LogP contribution >= 0.6 is 11.3 Å². The molecule has 17 heavy (non-hydrogen) atoms. The predicted octanol–water partition coefficient (Wildman–Crippen LogP) is 1.94. The third-order valence-electron chi connectivity index (χ3n) is 2.64. The number of nitrogens with one attached hydrogen (secondary N) is 1. The smallest absolute Gasteiger partial charge is 0.397 e. The van der Waals surface area contributed by atoms with E-state index in [-0.39, 0.29) is 28.4 Å². The summed E-state index contributed by atoms with van der Waals surface area (Å²) in [5.41, 5.74) is 8.75. The van der Waals surface area contributed by atoms with E-state index in [0.29, 0.717) is 0 Å². The van der Waals surface area contributed by atoms with Crippen LogP contribution in [0.25, 0.3) is 0 Å². The van der Waals surface area contributed by atoms with Gasteiger partial charge in [0.2, 0.25) is 0 Å². The molecule has 1 heterocycles. The SMILES string of the molecule is NC(=O)c1sc(NC2(C(F)(F)F)CC2)cc1N. The van der Waals surface area contributed by atoms with Gasteiger partial charge in [-0.1, -0.05) is 0 Å². The average molecular weight is 265 g/mol. The molecule has 0 aromatic carbocycles. The molecule has 1 aromatic heterocycles. The number of carbonyl (C=O) groups excluding carboxylic acids is 1. The van der Waals surface area contributed by atoms with Crippen LogP contribution in [0.4, 0.5) is 23.9 Å². The monoisotopic (exact) mass is 265 g/mol. The van der Waals surface area contributed by atoms with Crippen molar-refractivity contribution in [2.75, 3.05) is 11.1 Å². The molecule has 1 aromatic rings. The zero-order chi connectivity index (χ0) is 12.8. The molecular formula is C9H10F3N3OS. The second-order valence-electron chi connectivity index (χ2n) is 3.96. The number of hydrogen-bond donors (Lipinski definition) is 3. The summed E-state index contributed by atoms with van der Waals surface area (Å²) in [4.78, 5) is 11.0. The van der Waals surface area contributed by atoms with Crippen LogP contribution in [0.3, 0.4) is 0 Å². The normalized spacial score (nSPS) is 17.8. The molecule has 5 N–H and O–H groups in total. The Balaban J connectivity index is 2.21. The molecule has 0 radical (unpaired) electrons. The lowest BCUT2D eigenvalue weighted by atomic mass is 10.2. The Kier molecular flexibility index (Phi) is 2.49. The summed E-state index contributed by atoms with van der Waals surface area (Å²) in [5.74, 6) is -0.739. The minimum atomic E-state index is -4.31. The first-order valence-electron chi connectivity index (χ1n) is 4.79. The molecule has 0 bridgehead atoms. The van der Waals surface area contributed by atoms with E-state index in [9.17, 15) is 18.0 Å². The van der Waals surface area contributed by atoms with Gasteiger partial charge in [0.05, 0.1) is 10.7 Å². The summed E-state index contributed by atoms with van der Waals surface area (Å²) in [7, 11) is 0. The van der Waals surface area contributed by atoms with Gasteiger partial charge in [-0.3, -0.25) is 4.79 Å². The molecule has 1 saturated carbocycles. The van der Waals surface area contributed by atoms with Gasteiger partial charge in [-0.05, 0) is 18.9 Å². The third-order valence-corrected chi connectivity index (χ3v) is 3.72. The highest BCUT2D eigenvalue weighted by Crippen LogP contribution is 2.52. The van der Waals surface area contributed by atoms with Crippen molar-refractivity contribution >= 4 is 27.9 Å². The number of amides is 1. The van der Waals surface area contributed by atoms with Crippen LogP contribution in [-0.4, -0.2) is 17.6 Å². The molecule has 0 unspecified atom stereocenters. The molecule has 1 fully saturated rings. The van der Waals surface area contributed by atoms with Crippen molar-refractivity contribution in [3.8, 4) is 0 Å². The van der Waals surface area contributed by atoms with Crippen molar-refractivity contribution in [1.82, 2.24) is 0 Å². The van der Waals surface area contributed by atoms with Crippen molar-refractivity contribution < 1.29 is 18.0 Å². The number of hydrogen-bond acceptors (Lipinski definition) is 4. The number of nitrogens with two attached hydrogens (primary N) is 2. The van der Waals surface area contributed by atoms with Crippen molar-refractivity contribution in [3.05, 3.63) is 10.9 Å². The van der Waals surface area contributed by atoms with Gasteiger partial charge in [0, 0.05) is 0 Å². The molecular weight excluding hydrogens is 255 g/mol. The fourth-order valence-electron chi connectivity index (χ4n) is 1.50. The second kappa shape index (κ2) is 3.52. The largest absolute Gasteiger partial charge is 0.411 e. The molecule has 0 saturated heterocycles. The van der Waals surface area contributed by atoms with Crippen LogP contribution in [0.1, 0.15) is 22.5 Å². The van der Waals surface area contributed by atoms with E-state index < -0.39 is 17.6 Å². The van der Waals surface area contributed by atoms with Gasteiger partial charge < -0.3 is 16.8 Å². The van der Waals surface area contributed by atoms with Gasteiger partial charge in [-0.15, -0.1) is 11.3 Å². The summed E-state index contributed by atoms with van der Waals surface area (Å²) < 4.78 is 38.0. The first kappa shape index (κ1) is 12.0. The predicted molar refractivity (Wildman–Crippen MR) is 58.9 cm³/mol. The standard InChI is InChI=1S/C9H10F3N3OS/c10-9(11,12)8(1-2-8)15-5-3-4(13)6(17-5)7(14)16/h3,15H,1-2,13H2,(H2,14,16). The Bertz CT molecular complexity index is 465. The van der Waals surface area contributed by atoms with E-state index in [1.165, 1.54) is 6.07 Å². The molecule has 8 heteroatoms. The maximum Gasteiger partial charge on any atom is 0.411 e. The van der Waals surface area contributed by atoms with E-state index in [2.05, 4.69) is 5.32 Å². The van der Waals surface area contributed by atoms with Gasteiger partial charge >= 0.3 is 6.18 Å². The van der Waals surface area contributed by atoms with Crippen LogP contribution in [0, 0.1) is 0 Å². The number of halogens is 3. The number of thiophene rings is 1. The highest BCUT2D eigenvalue weighted by molar-refractivity contribution is 7.18. The van der Waals surface area contributed by atoms with Crippen LogP contribution in [0.2, 0.25) is 0 Å². The summed E-state index contributed by atoms with van der Waals surface area (Å²) >= 11 is 0.840. The Labute approximate surface area is 98.8 Å². The summed E-state index contributed by atoms with van der Waals surface area (Å²) in [5, 5.41) is 2.61. The van der Waals surface area contributed by atoms with Crippen LogP contribution in [0.5, 0.6) is 0 Å². The molecule has 94 valence electrons. The Morgan fingerprint density at radius 1 is 1.47 bits per heavy atom. The maximum absolute atomic E-state index is 12.7. The number of anilines is 2. The first-order chi connectivity index (χ1) is 7.75. The lowest BCUT2D eigenvalue weighted by Crippen LogP contribution is -2.38. The van der Waals surface area contributed by atoms with Crippen LogP contribution in [-0.2, 0) is 0 Å². The minimum Gasteiger partial charge on any atom is -0.397 e. The molecule has 4 nitrogen and oxygen atoms in total. The van der Waals surface area contributed by atoms with Crippen molar-refractivity contribution in [2.24, 2.45) is 5.73 Å². The van der Waals surface area contributed by atoms with Gasteiger partial charge in [0.15, 0.2) is 0 Å². The van der Waals surface area contributed by atoms with E-state index in [1.807, 2.05) is 0 Å². The van der Waals surface area contributed by atoms with Crippen LogP contribution < -0.4 is 16.8 Å². The fraction of sp³-hybridized carbons (Fsp3) is 0.444. The van der Waals surface area contributed by atoms with Gasteiger partial charge in [-0.2, -0.15) is 13.2 Å². The minimum absolute atomic E-state index is 0.0280. The number of carbonyl (C=O) groups is 1. The quantitative estimate of drug-likeness (QED) is 0.781. The van der Waals surface area contributed by atoms with Crippen molar-refractivity contribution in [3.63, 3.8) is 0 Å². The molecule has 0 aliphatic heterocycles. The second-order valence-corrected chi connectivity index (χ2v) is 5.02. The Morgan fingerprint density at radius 2 is 2.06 bits per heavy atom. The summed E-state index contributed by atoms with van der Waals surface area (Å²) in [6.07, 6.45) is -4.25. The first-order valence-corrected chi connectivity index (χ1v) is 5.61. The Hall–Kier alpha value is -1.44. The zero-order valence-corrected chi connectivity index (χ0v) is 9.41. The van der Waals surface area contributed by atoms with Gasteiger partial charge in [0.25, 0.3) is 5.91 Å². The molecule has 1 amide bonds. The molecule has 1 aliphatic rings. The highest BCUT2D eigenvalue weighted by atomic mass is 32.1. The topological polar surface area (TPSA) is 81.1 Å². The maximum atomic E-state index is 12.7. The molecule has 0 spiro atoms. The number of primary amides is 1. The van der Waals surface area contributed by atoms with E-state index >= 15 is 0 Å². The average Bonchev–Trinajstić information content (AvgIpc) is 2.84. The lowest BCUT2D eigenvalue weighted by molar-refractivity contribution is -0.151. The number of rotatable bonds is 3. The summed E-state index contributed by atoms with van der Waals surface area (Å²) in [6, 6.07) is 1.30. The number of nitrogen functional groups attached to an aromatic ring is 1. The van der Waals surface area contributed by atoms with Crippen molar-refractivity contribution in [2.45, 2.75) is 24.6 Å². The lowest BCUT2D eigenvalue weighted by Gasteiger charge is -2.20. The molecule has 2 rings (SSSR count). The third kappa shape index (κ3) is 2.04. The van der Waals surface area contributed by atoms with E-state index in [1.54, 1.807) is 0 Å². The van der Waals surface area contributed by atoms with Crippen molar-refractivity contribution in [1.29, 1.82) is 0 Å². The van der Waals surface area contributed by atoms with Gasteiger partial charge in [-0.25, -0.2) is 0 Å². The van der Waals surface area contributed by atoms with Crippen LogP contribution in [0.15, 0.2) is 6.07 Å². The van der Waals surface area contributed by atoms with E-state index in [0.717, 1.165) is 11.3 Å². The van der Waals surface area contributed by atoms with Gasteiger partial charge in [0.1, 0.15) is 10.4 Å². The number of alkyl halides is 3. The highest BCUT2D eigenvalue weighted by Gasteiger charge is 2.63. The zero-order valence-electron chi connectivity index (χ0n) is 8.60. The summed E-state index contributed by atoms with van der Waals surface area (Å²) in [6.45, 7) is 0. The van der Waals surface area contributed by atoms with E-state index in [4.69, 9.17) is 11.5 Å². The molecule has 1 aliphatic carbocycles. The Morgan fingerprint density at radius 3 is 2.41 bits per heavy atom.